The Morgan fingerprint density at radius 3 is 1.78 bits per heavy atom. The zero-order chi connectivity index (χ0) is 55.8. The number of hydrogen-bond donors (Lipinski definition) is 3. The van der Waals surface area contributed by atoms with Crippen LogP contribution < -0.4 is 16.4 Å². The van der Waals surface area contributed by atoms with Crippen molar-refractivity contribution in [2.24, 2.45) is 10.7 Å². The maximum absolute atomic E-state index is 13.6. The third kappa shape index (κ3) is 27.3. The first-order chi connectivity index (χ1) is 38.1. The number of amidine groups is 1. The summed E-state index contributed by atoms with van der Waals surface area (Å²) in [5, 5.41) is 5.30. The number of morpholine rings is 1. The van der Waals surface area contributed by atoms with E-state index >= 15 is 0 Å². The van der Waals surface area contributed by atoms with Crippen molar-refractivity contribution in [3.63, 3.8) is 0 Å². The second-order valence-electron chi connectivity index (χ2n) is 17.2. The third-order valence-corrected chi connectivity index (χ3v) is 11.1. The largest absolute Gasteiger partial charge is 0.387 e. The van der Waals surface area contributed by atoms with E-state index in [2.05, 4.69) is 20.6 Å². The Balaban J connectivity index is 0.864. The Morgan fingerprint density at radius 1 is 0.731 bits per heavy atom. The van der Waals surface area contributed by atoms with Gasteiger partial charge in [0.05, 0.1) is 175 Å². The topological polar surface area (TPSA) is 298 Å². The number of rotatable bonds is 44. The summed E-state index contributed by atoms with van der Waals surface area (Å²) in [6, 6.07) is 1.63. The highest BCUT2D eigenvalue weighted by molar-refractivity contribution is 6.14. The standard InChI is InChI=1S/C52H80N8O18/c1-3-11-59(40-67-4-2)51(65)41-34-44-45(57-46(53)36-41)35-42(37-56-44)52(66)58-12-15-78-43(38-58)7-9-54-47(61)8-13-68-16-18-70-20-22-72-24-26-74-28-30-76-32-33-77-31-29-75-27-25-73-23-21-71-19-17-69-14-10-55-48(62)39-60-49(63)5-6-50(60)64/h5-7,9,34-35,37,43H,3-4,8,10-33,36,38-40H2,1-2H3,(H2,53,57)(H,54,61)(H,55,62)/b9-7+. The minimum atomic E-state index is -0.501. The summed E-state index contributed by atoms with van der Waals surface area (Å²) in [4.78, 5) is 87.2. The van der Waals surface area contributed by atoms with Gasteiger partial charge in [0.2, 0.25) is 11.8 Å². The van der Waals surface area contributed by atoms with Gasteiger partial charge in [-0.25, -0.2) is 4.99 Å². The number of fused-ring (bicyclic) bond motifs is 1. The van der Waals surface area contributed by atoms with Crippen LogP contribution in [0.3, 0.4) is 0 Å². The Hall–Kier alpha value is -5.62. The zero-order valence-corrected chi connectivity index (χ0v) is 45.2. The number of nitrogens with one attached hydrogen (secondary N) is 2. The molecule has 4 heterocycles. The average molecular weight is 1110 g/mol. The number of nitrogens with two attached hydrogens (primary N) is 1. The van der Waals surface area contributed by atoms with Gasteiger partial charge in [-0.05, 0) is 31.6 Å². The van der Waals surface area contributed by atoms with Crippen molar-refractivity contribution in [1.29, 1.82) is 0 Å². The fourth-order valence-corrected chi connectivity index (χ4v) is 7.20. The molecule has 0 bridgehead atoms. The van der Waals surface area contributed by atoms with E-state index in [0.717, 1.165) is 23.5 Å². The molecule has 0 aromatic carbocycles. The zero-order valence-electron chi connectivity index (χ0n) is 45.2. The predicted molar refractivity (Wildman–Crippen MR) is 281 cm³/mol. The van der Waals surface area contributed by atoms with E-state index in [4.69, 9.17) is 62.6 Å². The first-order valence-corrected chi connectivity index (χ1v) is 26.4. The van der Waals surface area contributed by atoms with Gasteiger partial charge in [0, 0.05) is 62.8 Å². The Morgan fingerprint density at radius 2 is 1.26 bits per heavy atom. The number of carbonyl (C=O) groups excluding carboxylic acids is 6. The summed E-state index contributed by atoms with van der Waals surface area (Å²) >= 11 is 0. The minimum Gasteiger partial charge on any atom is -0.387 e. The number of carbonyl (C=O) groups is 6. The van der Waals surface area contributed by atoms with Crippen LogP contribution in [0.2, 0.25) is 0 Å². The van der Waals surface area contributed by atoms with Gasteiger partial charge >= 0.3 is 0 Å². The molecule has 1 atom stereocenters. The highest BCUT2D eigenvalue weighted by Gasteiger charge is 2.27. The van der Waals surface area contributed by atoms with Gasteiger partial charge in [-0.1, -0.05) is 6.92 Å². The molecule has 1 saturated heterocycles. The van der Waals surface area contributed by atoms with Gasteiger partial charge in [0.15, 0.2) is 0 Å². The quantitative estimate of drug-likeness (QED) is 0.0445. The smallest absolute Gasteiger partial charge is 0.255 e. The molecule has 436 valence electrons. The molecule has 26 heteroatoms. The lowest BCUT2D eigenvalue weighted by atomic mass is 10.1. The van der Waals surface area contributed by atoms with E-state index in [1.165, 1.54) is 12.4 Å². The third-order valence-electron chi connectivity index (χ3n) is 11.1. The number of nitrogens with zero attached hydrogens (tertiary/aromatic N) is 5. The van der Waals surface area contributed by atoms with Crippen LogP contribution in [0, 0.1) is 0 Å². The number of aromatic nitrogens is 1. The molecule has 1 fully saturated rings. The lowest BCUT2D eigenvalue weighted by molar-refractivity contribution is -0.141. The van der Waals surface area contributed by atoms with Crippen LogP contribution >= 0.6 is 0 Å². The summed E-state index contributed by atoms with van der Waals surface area (Å²) < 4.78 is 66.1. The summed E-state index contributed by atoms with van der Waals surface area (Å²) in [6.07, 6.45) is 9.23. The molecule has 0 aliphatic carbocycles. The van der Waals surface area contributed by atoms with Crippen molar-refractivity contribution in [1.82, 2.24) is 30.3 Å². The lowest BCUT2D eigenvalue weighted by Gasteiger charge is -2.31. The van der Waals surface area contributed by atoms with Crippen LogP contribution in [0.5, 0.6) is 0 Å². The molecule has 1 aromatic rings. The summed E-state index contributed by atoms with van der Waals surface area (Å²) in [5.74, 6) is -1.89. The maximum atomic E-state index is 13.6. The van der Waals surface area contributed by atoms with Crippen LogP contribution in [0.1, 0.15) is 49.2 Å². The number of pyridine rings is 1. The van der Waals surface area contributed by atoms with Crippen molar-refractivity contribution in [3.05, 3.63) is 53.5 Å². The molecule has 3 aliphatic rings. The van der Waals surface area contributed by atoms with Gasteiger partial charge in [-0.15, -0.1) is 0 Å². The summed E-state index contributed by atoms with van der Waals surface area (Å²) in [7, 11) is 0. The van der Waals surface area contributed by atoms with Gasteiger partial charge in [-0.2, -0.15) is 0 Å². The Bertz CT molecular complexity index is 2080. The van der Waals surface area contributed by atoms with E-state index in [1.807, 2.05) is 13.8 Å². The van der Waals surface area contributed by atoms with E-state index in [0.29, 0.717) is 168 Å². The number of aliphatic imine (C=N–C) groups is 1. The SMILES string of the molecule is CCCN(COCC)C(=O)C1=Cc2ncc(C(=O)N3CCOC(/C=C/NC(=O)CCOCCOCCOCCOCCOCCOCCOCCOCCOCCOCCNC(=O)CN4C(=O)C=CC4=O)C3)cc2N=C(N)C1. The van der Waals surface area contributed by atoms with Crippen LogP contribution in [0.15, 0.2) is 47.3 Å². The van der Waals surface area contributed by atoms with E-state index in [1.54, 1.807) is 28.0 Å². The van der Waals surface area contributed by atoms with Gasteiger partial charge in [-0.3, -0.25) is 38.7 Å². The molecule has 78 heavy (non-hydrogen) atoms. The molecule has 1 unspecified atom stereocenters. The van der Waals surface area contributed by atoms with E-state index in [9.17, 15) is 28.8 Å². The summed E-state index contributed by atoms with van der Waals surface area (Å²) in [6.45, 7) is 13.8. The molecule has 4 rings (SSSR count). The molecule has 1 aromatic heterocycles. The highest BCUT2D eigenvalue weighted by Crippen LogP contribution is 2.27. The van der Waals surface area contributed by atoms with E-state index in [-0.39, 0.29) is 76.0 Å². The fraction of sp³-hybridized carbons (Fsp3) is 0.654. The minimum absolute atomic E-state index is 0.144. The van der Waals surface area contributed by atoms with Gasteiger partial charge < -0.3 is 83.0 Å². The van der Waals surface area contributed by atoms with Crippen LogP contribution in [-0.2, 0) is 80.8 Å². The molecule has 4 N–H and O–H groups in total. The van der Waals surface area contributed by atoms with Crippen molar-refractivity contribution in [3.8, 4) is 0 Å². The number of imide groups is 1. The van der Waals surface area contributed by atoms with Crippen molar-refractivity contribution < 1.29 is 85.6 Å². The normalized spacial score (nSPS) is 15.4. The second kappa shape index (κ2) is 40.5. The Kier molecular flexibility index (Phi) is 33.7. The van der Waals surface area contributed by atoms with Crippen LogP contribution in [0.25, 0.3) is 6.08 Å². The van der Waals surface area contributed by atoms with Crippen molar-refractivity contribution >= 4 is 53.0 Å². The first-order valence-electron chi connectivity index (χ1n) is 26.4. The van der Waals surface area contributed by atoms with Crippen LogP contribution in [0.4, 0.5) is 5.69 Å². The molecule has 26 nitrogen and oxygen atoms in total. The van der Waals surface area contributed by atoms with Crippen LogP contribution in [-0.4, -0.2) is 252 Å². The van der Waals surface area contributed by atoms with E-state index < -0.39 is 23.8 Å². The summed E-state index contributed by atoms with van der Waals surface area (Å²) in [5.41, 5.74) is 7.84. The molecule has 3 aliphatic heterocycles. The molecular formula is C52H80N8O18. The Labute approximate surface area is 456 Å². The lowest BCUT2D eigenvalue weighted by Crippen LogP contribution is -2.45. The monoisotopic (exact) mass is 1100 g/mol. The van der Waals surface area contributed by atoms with Gasteiger partial charge in [0.1, 0.15) is 19.1 Å². The van der Waals surface area contributed by atoms with Crippen molar-refractivity contribution in [2.45, 2.75) is 39.2 Å². The predicted octanol–water partition coefficient (Wildman–Crippen LogP) is 0.158. The van der Waals surface area contributed by atoms with Crippen molar-refractivity contribution in [2.75, 3.05) is 185 Å². The first kappa shape index (κ1) is 64.9. The molecule has 6 amide bonds. The fourth-order valence-electron chi connectivity index (χ4n) is 7.20. The molecule has 0 spiro atoms. The number of ether oxygens (including phenoxy) is 12. The second-order valence-corrected chi connectivity index (χ2v) is 17.2. The number of hydrogen-bond acceptors (Lipinski definition) is 21. The molecular weight excluding hydrogens is 1020 g/mol. The maximum Gasteiger partial charge on any atom is 0.255 e. The molecule has 0 radical (unpaired) electrons. The highest BCUT2D eigenvalue weighted by atomic mass is 16.6. The number of amides is 6. The molecule has 0 saturated carbocycles. The van der Waals surface area contributed by atoms with Gasteiger partial charge in [0.25, 0.3) is 23.6 Å². The average Bonchev–Trinajstić information content (AvgIpc) is 3.66.